The molecule has 4 saturated carbocycles. The van der Waals surface area contributed by atoms with Crippen LogP contribution in [0, 0.1) is 17.8 Å². The van der Waals surface area contributed by atoms with E-state index in [1.807, 2.05) is 0 Å². The summed E-state index contributed by atoms with van der Waals surface area (Å²) in [6.45, 7) is 0. The number of amides is 1. The molecule has 6 nitrogen and oxygen atoms in total. The summed E-state index contributed by atoms with van der Waals surface area (Å²) in [7, 11) is 0. The Bertz CT molecular complexity index is 522. The average molecular weight is 307 g/mol. The zero-order valence-corrected chi connectivity index (χ0v) is 12.8. The van der Waals surface area contributed by atoms with Crippen molar-refractivity contribution in [3.05, 3.63) is 0 Å². The third-order valence-electron chi connectivity index (χ3n) is 5.26. The molecule has 0 aliphatic heterocycles. The minimum atomic E-state index is 0.0877. The first-order chi connectivity index (χ1) is 10.1. The maximum atomic E-state index is 12.3. The van der Waals surface area contributed by atoms with Gasteiger partial charge in [-0.3, -0.25) is 4.79 Å². The Morgan fingerprint density at radius 3 is 2.43 bits per heavy atom. The molecule has 4 aliphatic carbocycles. The Kier molecular flexibility index (Phi) is 3.13. The van der Waals surface area contributed by atoms with Crippen molar-refractivity contribution in [3.8, 4) is 0 Å². The van der Waals surface area contributed by atoms with Crippen molar-refractivity contribution < 1.29 is 4.79 Å². The molecule has 4 fully saturated rings. The maximum absolute atomic E-state index is 12.3. The Morgan fingerprint density at radius 1 is 1.29 bits per heavy atom. The lowest BCUT2D eigenvalue weighted by atomic mass is 9.53. The van der Waals surface area contributed by atoms with Gasteiger partial charge in [-0.2, -0.15) is 4.98 Å². The molecule has 4 aliphatic rings. The molecule has 4 bridgehead atoms. The normalized spacial score (nSPS) is 36.9. The number of rotatable bonds is 4. The summed E-state index contributed by atoms with van der Waals surface area (Å²) in [5, 5.41) is 10.4. The second-order valence-electron chi connectivity index (χ2n) is 7.04. The van der Waals surface area contributed by atoms with E-state index in [4.69, 9.17) is 5.73 Å². The van der Waals surface area contributed by atoms with E-state index in [1.165, 1.54) is 50.3 Å². The molecule has 1 amide bonds. The first kappa shape index (κ1) is 13.4. The fraction of sp³-hybridized carbons (Fsp3) is 0.786. The number of H-pyrrole nitrogens is 1. The van der Waals surface area contributed by atoms with Crippen LogP contribution in [-0.2, 0) is 4.79 Å². The van der Waals surface area contributed by atoms with Gasteiger partial charge < -0.3 is 11.1 Å². The number of nitrogens with zero attached hydrogens (tertiary/aromatic N) is 2. The van der Waals surface area contributed by atoms with Gasteiger partial charge in [0.2, 0.25) is 17.0 Å². The van der Waals surface area contributed by atoms with Crippen LogP contribution >= 0.6 is 11.8 Å². The zero-order chi connectivity index (χ0) is 14.4. The molecule has 5 rings (SSSR count). The van der Waals surface area contributed by atoms with Crippen molar-refractivity contribution in [2.24, 2.45) is 17.8 Å². The summed E-state index contributed by atoms with van der Waals surface area (Å²) in [5.41, 5.74) is 5.56. The molecule has 0 unspecified atom stereocenters. The van der Waals surface area contributed by atoms with Crippen molar-refractivity contribution in [3.63, 3.8) is 0 Å². The van der Waals surface area contributed by atoms with E-state index in [2.05, 4.69) is 20.5 Å². The molecule has 4 N–H and O–H groups in total. The Labute approximate surface area is 128 Å². The molecule has 0 aromatic carbocycles. The van der Waals surface area contributed by atoms with Crippen LogP contribution in [0.4, 0.5) is 5.95 Å². The highest BCUT2D eigenvalue weighted by molar-refractivity contribution is 7.99. The van der Waals surface area contributed by atoms with Crippen molar-refractivity contribution in [2.45, 2.75) is 49.2 Å². The van der Waals surface area contributed by atoms with Gasteiger partial charge in [0.25, 0.3) is 0 Å². The topological polar surface area (TPSA) is 96.7 Å². The molecule has 0 saturated heterocycles. The number of carbonyl (C=O) groups is 1. The van der Waals surface area contributed by atoms with Gasteiger partial charge >= 0.3 is 0 Å². The molecule has 7 heteroatoms. The number of hydrogen-bond donors (Lipinski definition) is 3. The molecule has 0 spiro atoms. The van der Waals surface area contributed by atoms with Crippen LogP contribution < -0.4 is 11.1 Å². The summed E-state index contributed by atoms with van der Waals surface area (Å²) in [6, 6.07) is 0. The molecule has 0 radical (unpaired) electrons. The number of anilines is 1. The lowest BCUT2D eigenvalue weighted by Gasteiger charge is -2.56. The molecule has 1 aromatic rings. The third-order valence-corrected chi connectivity index (χ3v) is 6.10. The van der Waals surface area contributed by atoms with Crippen molar-refractivity contribution in [1.29, 1.82) is 0 Å². The number of nitrogens with two attached hydrogens (primary N) is 1. The Balaban J connectivity index is 1.36. The highest BCUT2D eigenvalue weighted by atomic mass is 32.2. The van der Waals surface area contributed by atoms with E-state index in [-0.39, 0.29) is 11.4 Å². The second-order valence-corrected chi connectivity index (χ2v) is 7.98. The van der Waals surface area contributed by atoms with E-state index in [1.54, 1.807) is 0 Å². The Hall–Kier alpha value is -1.24. The van der Waals surface area contributed by atoms with Gasteiger partial charge in [-0.25, -0.2) is 5.10 Å². The third kappa shape index (κ3) is 2.63. The standard InChI is InChI=1S/C14H21N5OS/c15-12-16-13(19-18-12)21-7-11(20)17-14-4-8-1-9(5-14)3-10(2-8)6-14/h8-10H,1-7H2,(H,17,20)(H3,15,16,18,19). The molecule has 114 valence electrons. The van der Waals surface area contributed by atoms with Crippen molar-refractivity contribution in [1.82, 2.24) is 20.5 Å². The number of nitrogen functional groups attached to an aromatic ring is 1. The van der Waals surface area contributed by atoms with Gasteiger partial charge in [-0.05, 0) is 56.3 Å². The minimum Gasteiger partial charge on any atom is -0.368 e. The van der Waals surface area contributed by atoms with Gasteiger partial charge in [0.15, 0.2) is 0 Å². The first-order valence-electron chi connectivity index (χ1n) is 7.72. The number of aromatic amines is 1. The summed E-state index contributed by atoms with van der Waals surface area (Å²) < 4.78 is 0. The highest BCUT2D eigenvalue weighted by Crippen LogP contribution is 2.55. The number of thioether (sulfide) groups is 1. The summed E-state index contributed by atoms with van der Waals surface area (Å²) in [6.07, 6.45) is 7.72. The highest BCUT2D eigenvalue weighted by Gasteiger charge is 2.51. The molecule has 0 atom stereocenters. The van der Waals surface area contributed by atoms with E-state index < -0.39 is 0 Å². The van der Waals surface area contributed by atoms with Crippen molar-refractivity contribution in [2.75, 3.05) is 11.5 Å². The quantitative estimate of drug-likeness (QED) is 0.734. The molecular formula is C14H21N5OS. The van der Waals surface area contributed by atoms with Crippen LogP contribution in [0.1, 0.15) is 38.5 Å². The fourth-order valence-electron chi connectivity index (χ4n) is 5.05. The molecular weight excluding hydrogens is 286 g/mol. The summed E-state index contributed by atoms with van der Waals surface area (Å²) in [5.74, 6) is 3.29. The van der Waals surface area contributed by atoms with Crippen LogP contribution in [0.5, 0.6) is 0 Å². The number of carbonyl (C=O) groups excluding carboxylic acids is 1. The second kappa shape index (κ2) is 4.90. The number of hydrogen-bond acceptors (Lipinski definition) is 5. The lowest BCUT2D eigenvalue weighted by Crippen LogP contribution is -2.60. The molecule has 21 heavy (non-hydrogen) atoms. The fourth-order valence-corrected chi connectivity index (χ4v) is 5.65. The maximum Gasteiger partial charge on any atom is 0.230 e. The van der Waals surface area contributed by atoms with Crippen LogP contribution in [0.2, 0.25) is 0 Å². The van der Waals surface area contributed by atoms with Gasteiger partial charge in [0.05, 0.1) is 5.75 Å². The Morgan fingerprint density at radius 2 is 1.90 bits per heavy atom. The lowest BCUT2D eigenvalue weighted by molar-refractivity contribution is -0.124. The van der Waals surface area contributed by atoms with Crippen LogP contribution in [-0.4, -0.2) is 32.4 Å². The largest absolute Gasteiger partial charge is 0.368 e. The average Bonchev–Trinajstić information content (AvgIpc) is 2.80. The molecule has 1 aromatic heterocycles. The van der Waals surface area contributed by atoms with E-state index in [9.17, 15) is 4.79 Å². The van der Waals surface area contributed by atoms with E-state index in [0.717, 1.165) is 17.8 Å². The monoisotopic (exact) mass is 307 g/mol. The number of aromatic nitrogens is 3. The van der Waals surface area contributed by atoms with Crippen LogP contribution in [0.3, 0.4) is 0 Å². The van der Waals surface area contributed by atoms with Crippen LogP contribution in [0.15, 0.2) is 5.16 Å². The van der Waals surface area contributed by atoms with E-state index in [0.29, 0.717) is 16.9 Å². The first-order valence-corrected chi connectivity index (χ1v) is 8.70. The van der Waals surface area contributed by atoms with Crippen molar-refractivity contribution >= 4 is 23.6 Å². The predicted molar refractivity (Wildman–Crippen MR) is 80.6 cm³/mol. The van der Waals surface area contributed by atoms with Gasteiger partial charge in [0.1, 0.15) is 0 Å². The van der Waals surface area contributed by atoms with Gasteiger partial charge in [-0.15, -0.1) is 5.10 Å². The predicted octanol–water partition coefficient (Wildman–Crippen LogP) is 1.56. The smallest absolute Gasteiger partial charge is 0.230 e. The van der Waals surface area contributed by atoms with Gasteiger partial charge in [0, 0.05) is 5.54 Å². The minimum absolute atomic E-state index is 0.0877. The van der Waals surface area contributed by atoms with Gasteiger partial charge in [-0.1, -0.05) is 11.8 Å². The number of nitrogens with one attached hydrogen (secondary N) is 2. The van der Waals surface area contributed by atoms with Crippen LogP contribution in [0.25, 0.3) is 0 Å². The SMILES string of the molecule is Nc1nc(SCC(=O)NC23CC4CC(CC(C4)C2)C3)n[nH]1. The van der Waals surface area contributed by atoms with E-state index >= 15 is 0 Å². The summed E-state index contributed by atoms with van der Waals surface area (Å²) in [4.78, 5) is 16.3. The molecule has 1 heterocycles. The zero-order valence-electron chi connectivity index (χ0n) is 12.0. The summed E-state index contributed by atoms with van der Waals surface area (Å²) >= 11 is 1.33.